The number of hydrogen-bond donors (Lipinski definition) is 1. The maximum atomic E-state index is 5.61. The minimum atomic E-state index is 0.353. The molecule has 0 saturated carbocycles. The van der Waals surface area contributed by atoms with Crippen LogP contribution in [0, 0.1) is 0 Å². The Morgan fingerprint density at radius 3 is 3.07 bits per heavy atom. The molecule has 0 amide bonds. The quantitative estimate of drug-likeness (QED) is 0.911. The van der Waals surface area contributed by atoms with Crippen molar-refractivity contribution < 1.29 is 0 Å². The number of benzene rings is 1. The molecule has 1 unspecified atom stereocenters. The highest BCUT2D eigenvalue weighted by Crippen LogP contribution is 2.28. The van der Waals surface area contributed by atoms with E-state index in [0.717, 1.165) is 15.0 Å². The van der Waals surface area contributed by atoms with E-state index in [-0.39, 0.29) is 0 Å². The largest absolute Gasteiger partial charge is 0.330 e. The van der Waals surface area contributed by atoms with E-state index in [4.69, 9.17) is 5.73 Å². The molecule has 0 aliphatic carbocycles. The normalized spacial score (nSPS) is 13.4. The third kappa shape index (κ3) is 1.82. The smallest absolute Gasteiger partial charge is 0.0979 e. The molecule has 1 heterocycles. The summed E-state index contributed by atoms with van der Waals surface area (Å²) in [5.74, 6) is 0.353. The van der Waals surface area contributed by atoms with E-state index in [1.54, 1.807) is 11.3 Å². The zero-order valence-electron chi connectivity index (χ0n) is 7.83. The molecule has 0 spiro atoms. The van der Waals surface area contributed by atoms with Gasteiger partial charge in [-0.1, -0.05) is 22.9 Å². The van der Waals surface area contributed by atoms with Gasteiger partial charge in [-0.2, -0.15) is 0 Å². The standard InChI is InChI=1S/C10H11BrN2S/c1-6(5-12)10-13-8-4-7(11)2-3-9(8)14-10/h2-4,6H,5,12H2,1H3. The lowest BCUT2D eigenvalue weighted by Crippen LogP contribution is -2.08. The van der Waals surface area contributed by atoms with Crippen molar-refractivity contribution in [2.45, 2.75) is 12.8 Å². The summed E-state index contributed by atoms with van der Waals surface area (Å²) in [6.07, 6.45) is 0. The first-order chi connectivity index (χ1) is 6.70. The van der Waals surface area contributed by atoms with Gasteiger partial charge in [0.2, 0.25) is 0 Å². The molecule has 2 N–H and O–H groups in total. The first-order valence-corrected chi connectivity index (χ1v) is 6.07. The summed E-state index contributed by atoms with van der Waals surface area (Å²) in [4.78, 5) is 4.55. The average molecular weight is 271 g/mol. The molecule has 0 aliphatic rings. The Hall–Kier alpha value is -0.450. The van der Waals surface area contributed by atoms with Crippen molar-refractivity contribution in [1.29, 1.82) is 0 Å². The Morgan fingerprint density at radius 1 is 1.57 bits per heavy atom. The summed E-state index contributed by atoms with van der Waals surface area (Å²) >= 11 is 5.16. The topological polar surface area (TPSA) is 38.9 Å². The fourth-order valence-corrected chi connectivity index (χ4v) is 2.59. The zero-order valence-corrected chi connectivity index (χ0v) is 10.2. The molecule has 74 valence electrons. The molecule has 0 radical (unpaired) electrons. The van der Waals surface area contributed by atoms with Gasteiger partial charge in [0.25, 0.3) is 0 Å². The van der Waals surface area contributed by atoms with E-state index in [1.165, 1.54) is 4.70 Å². The van der Waals surface area contributed by atoms with Crippen LogP contribution in [0.3, 0.4) is 0 Å². The minimum Gasteiger partial charge on any atom is -0.330 e. The van der Waals surface area contributed by atoms with Crippen LogP contribution in [0.1, 0.15) is 17.8 Å². The van der Waals surface area contributed by atoms with Crippen molar-refractivity contribution >= 4 is 37.5 Å². The Morgan fingerprint density at radius 2 is 2.36 bits per heavy atom. The van der Waals surface area contributed by atoms with E-state index in [1.807, 2.05) is 12.1 Å². The first kappa shape index (κ1) is 10.1. The van der Waals surface area contributed by atoms with Crippen molar-refractivity contribution in [1.82, 2.24) is 4.98 Å². The third-order valence-corrected chi connectivity index (χ3v) is 3.90. The van der Waals surface area contributed by atoms with Crippen LogP contribution in [0.25, 0.3) is 10.2 Å². The number of nitrogens with zero attached hydrogens (tertiary/aromatic N) is 1. The fraction of sp³-hybridized carbons (Fsp3) is 0.300. The summed E-state index contributed by atoms with van der Waals surface area (Å²) in [5, 5.41) is 1.13. The van der Waals surface area contributed by atoms with Gasteiger partial charge in [-0.05, 0) is 18.2 Å². The highest BCUT2D eigenvalue weighted by atomic mass is 79.9. The van der Waals surface area contributed by atoms with Gasteiger partial charge in [0, 0.05) is 16.9 Å². The number of rotatable bonds is 2. The Balaban J connectivity index is 2.51. The maximum absolute atomic E-state index is 5.61. The molecule has 14 heavy (non-hydrogen) atoms. The molecule has 1 aromatic heterocycles. The van der Waals surface area contributed by atoms with E-state index in [2.05, 4.69) is 33.9 Å². The minimum absolute atomic E-state index is 0.353. The molecular weight excluding hydrogens is 260 g/mol. The van der Waals surface area contributed by atoms with Crippen LogP contribution < -0.4 is 5.73 Å². The second kappa shape index (κ2) is 3.96. The number of hydrogen-bond acceptors (Lipinski definition) is 3. The van der Waals surface area contributed by atoms with Gasteiger partial charge < -0.3 is 5.73 Å². The molecule has 1 atom stereocenters. The average Bonchev–Trinajstić information content (AvgIpc) is 2.59. The molecule has 4 heteroatoms. The molecule has 2 nitrogen and oxygen atoms in total. The van der Waals surface area contributed by atoms with E-state index < -0.39 is 0 Å². The number of nitrogens with two attached hydrogens (primary N) is 1. The maximum Gasteiger partial charge on any atom is 0.0979 e. The van der Waals surface area contributed by atoms with Gasteiger partial charge in [-0.3, -0.25) is 0 Å². The van der Waals surface area contributed by atoms with Crippen LogP contribution >= 0.6 is 27.3 Å². The third-order valence-electron chi connectivity index (χ3n) is 2.14. The molecule has 0 saturated heterocycles. The number of fused-ring (bicyclic) bond motifs is 1. The number of halogens is 1. The van der Waals surface area contributed by atoms with Gasteiger partial charge in [-0.15, -0.1) is 11.3 Å². The molecule has 2 aromatic rings. The van der Waals surface area contributed by atoms with E-state index >= 15 is 0 Å². The monoisotopic (exact) mass is 270 g/mol. The van der Waals surface area contributed by atoms with Crippen molar-refractivity contribution in [2.75, 3.05) is 6.54 Å². The predicted molar refractivity (Wildman–Crippen MR) is 64.8 cm³/mol. The van der Waals surface area contributed by atoms with Crippen LogP contribution in [-0.4, -0.2) is 11.5 Å². The SMILES string of the molecule is CC(CN)c1nc2cc(Br)ccc2s1. The first-order valence-electron chi connectivity index (χ1n) is 4.46. The van der Waals surface area contributed by atoms with E-state index in [9.17, 15) is 0 Å². The second-order valence-electron chi connectivity index (χ2n) is 3.30. The second-order valence-corrected chi connectivity index (χ2v) is 5.28. The van der Waals surface area contributed by atoms with Gasteiger partial charge in [0.1, 0.15) is 0 Å². The zero-order chi connectivity index (χ0) is 10.1. The lowest BCUT2D eigenvalue weighted by atomic mass is 10.2. The summed E-state index contributed by atoms with van der Waals surface area (Å²) < 4.78 is 2.30. The summed E-state index contributed by atoms with van der Waals surface area (Å²) in [7, 11) is 0. The molecule has 0 aliphatic heterocycles. The lowest BCUT2D eigenvalue weighted by Gasteiger charge is -2.00. The van der Waals surface area contributed by atoms with Crippen LogP contribution in [0.2, 0.25) is 0 Å². The Kier molecular flexibility index (Phi) is 2.85. The highest BCUT2D eigenvalue weighted by molar-refractivity contribution is 9.10. The number of thiazole rings is 1. The molecular formula is C10H11BrN2S. The van der Waals surface area contributed by atoms with Crippen molar-refractivity contribution in [3.05, 3.63) is 27.7 Å². The van der Waals surface area contributed by atoms with Crippen molar-refractivity contribution in [2.24, 2.45) is 5.73 Å². The fourth-order valence-electron chi connectivity index (χ4n) is 1.23. The molecule has 2 rings (SSSR count). The van der Waals surface area contributed by atoms with Crippen LogP contribution in [0.15, 0.2) is 22.7 Å². The van der Waals surface area contributed by atoms with Crippen molar-refractivity contribution in [3.8, 4) is 0 Å². The lowest BCUT2D eigenvalue weighted by molar-refractivity contribution is 0.768. The van der Waals surface area contributed by atoms with Crippen LogP contribution in [0.5, 0.6) is 0 Å². The Bertz CT molecular complexity index is 452. The number of aromatic nitrogens is 1. The van der Waals surface area contributed by atoms with E-state index in [0.29, 0.717) is 12.5 Å². The Labute approximate surface area is 95.3 Å². The highest BCUT2D eigenvalue weighted by Gasteiger charge is 2.09. The van der Waals surface area contributed by atoms with Gasteiger partial charge in [0.15, 0.2) is 0 Å². The summed E-state index contributed by atoms with van der Waals surface area (Å²) in [6.45, 7) is 2.76. The molecule has 0 bridgehead atoms. The van der Waals surface area contributed by atoms with Gasteiger partial charge in [0.05, 0.1) is 15.2 Å². The van der Waals surface area contributed by atoms with Crippen molar-refractivity contribution in [3.63, 3.8) is 0 Å². The van der Waals surface area contributed by atoms with Crippen LogP contribution in [0.4, 0.5) is 0 Å². The van der Waals surface area contributed by atoms with Gasteiger partial charge >= 0.3 is 0 Å². The molecule has 1 aromatic carbocycles. The van der Waals surface area contributed by atoms with Crippen LogP contribution in [-0.2, 0) is 0 Å². The van der Waals surface area contributed by atoms with Gasteiger partial charge in [-0.25, -0.2) is 4.98 Å². The summed E-state index contributed by atoms with van der Waals surface area (Å²) in [5.41, 5.74) is 6.67. The predicted octanol–water partition coefficient (Wildman–Crippen LogP) is 3.12. The molecule has 0 fully saturated rings. The summed E-state index contributed by atoms with van der Waals surface area (Å²) in [6, 6.07) is 6.17.